The molecule has 0 radical (unpaired) electrons. The molecule has 16 atom stereocenters. The number of rotatable bonds is 15. The van der Waals surface area contributed by atoms with E-state index in [1.165, 1.54) is 47.1 Å². The van der Waals surface area contributed by atoms with E-state index in [1.807, 2.05) is 13.0 Å². The molecule has 3 aliphatic rings. The van der Waals surface area contributed by atoms with Crippen LogP contribution in [0.2, 0.25) is 0 Å². The fraction of sp³-hybridized carbons (Fsp3) is 0.702. The van der Waals surface area contributed by atoms with Crippen LogP contribution in [-0.4, -0.2) is 154 Å². The third-order valence-electron chi connectivity index (χ3n) is 11.9. The van der Waals surface area contributed by atoms with Crippen molar-refractivity contribution < 1.29 is 81.2 Å². The summed E-state index contributed by atoms with van der Waals surface area (Å²) in [5.74, 6) is -6.04. The Morgan fingerprint density at radius 2 is 1.42 bits per heavy atom. The highest BCUT2D eigenvalue weighted by atomic mass is 16.7. The number of likely N-dealkylation sites (N-methyl/N-ethyl adjacent to an activating group) is 1. The molecule has 2 saturated heterocycles. The molecule has 3 rings (SSSR count). The summed E-state index contributed by atoms with van der Waals surface area (Å²) in [7, 11) is 6.38. The molecule has 0 aromatic heterocycles. The second-order valence-electron chi connectivity index (χ2n) is 17.2. The third kappa shape index (κ3) is 15.6. The number of aliphatic hydroxyl groups excluding tert-OH is 1. The lowest BCUT2D eigenvalue weighted by molar-refractivity contribution is -0.306. The summed E-state index contributed by atoms with van der Waals surface area (Å²) >= 11 is 0. The van der Waals surface area contributed by atoms with E-state index in [9.17, 15) is 33.9 Å². The van der Waals surface area contributed by atoms with Crippen LogP contribution in [0.25, 0.3) is 0 Å². The number of nitrogens with zero attached hydrogens (tertiary/aromatic N) is 1. The Hall–Kier alpha value is -4.30. The summed E-state index contributed by atoms with van der Waals surface area (Å²) in [6, 6.07) is -0.747. The molecule has 18 nitrogen and oxygen atoms in total. The van der Waals surface area contributed by atoms with Crippen LogP contribution in [0, 0.1) is 23.7 Å². The molecule has 0 unspecified atom stereocenters. The number of allylic oxidation sites excluding steroid dienone is 5. The monoisotopic (exact) mass is 921 g/mol. The Morgan fingerprint density at radius 3 is 1.98 bits per heavy atom. The number of cyclic esters (lactones) is 1. The van der Waals surface area contributed by atoms with Gasteiger partial charge < -0.3 is 52.5 Å². The number of ketones is 1. The van der Waals surface area contributed by atoms with Crippen molar-refractivity contribution in [1.82, 2.24) is 4.90 Å². The van der Waals surface area contributed by atoms with Gasteiger partial charge in [0.15, 0.2) is 30.6 Å². The molecule has 0 aromatic rings. The minimum absolute atomic E-state index is 0.0548. The van der Waals surface area contributed by atoms with Crippen LogP contribution in [0.15, 0.2) is 47.8 Å². The molecule has 0 spiro atoms. The van der Waals surface area contributed by atoms with E-state index in [1.54, 1.807) is 65.8 Å². The van der Waals surface area contributed by atoms with E-state index >= 15 is 0 Å². The zero-order chi connectivity index (χ0) is 48.7. The van der Waals surface area contributed by atoms with Gasteiger partial charge in [0.2, 0.25) is 0 Å². The van der Waals surface area contributed by atoms with Crippen molar-refractivity contribution in [2.75, 3.05) is 34.9 Å². The topological polar surface area (TPSA) is 218 Å². The van der Waals surface area contributed by atoms with E-state index in [4.69, 9.17) is 47.4 Å². The quantitative estimate of drug-likeness (QED) is 0.103. The maximum absolute atomic E-state index is 13.9. The Labute approximate surface area is 382 Å². The van der Waals surface area contributed by atoms with Gasteiger partial charge in [-0.3, -0.25) is 28.9 Å². The van der Waals surface area contributed by atoms with E-state index < -0.39 is 127 Å². The van der Waals surface area contributed by atoms with Crippen LogP contribution in [-0.2, 0) is 76.1 Å². The molecule has 1 N–H and O–H groups in total. The number of aldehydes is 1. The van der Waals surface area contributed by atoms with Crippen molar-refractivity contribution in [3.05, 3.63) is 47.8 Å². The Morgan fingerprint density at radius 1 is 0.831 bits per heavy atom. The summed E-state index contributed by atoms with van der Waals surface area (Å²) in [5, 5.41) is 11.8. The molecule has 18 heteroatoms. The molecule has 0 aromatic carbocycles. The van der Waals surface area contributed by atoms with Crippen LogP contribution in [0.5, 0.6) is 0 Å². The van der Waals surface area contributed by atoms with Crippen molar-refractivity contribution in [3.63, 3.8) is 0 Å². The second kappa shape index (κ2) is 26.1. The van der Waals surface area contributed by atoms with Crippen molar-refractivity contribution in [2.45, 2.75) is 155 Å². The first-order chi connectivity index (χ1) is 30.7. The van der Waals surface area contributed by atoms with Gasteiger partial charge in [-0.05, 0) is 72.2 Å². The smallest absolute Gasteiger partial charge is 0.334 e. The van der Waals surface area contributed by atoms with E-state index in [-0.39, 0.29) is 25.2 Å². The Balaban J connectivity index is 2.10. The molecule has 0 aliphatic carbocycles. The summed E-state index contributed by atoms with van der Waals surface area (Å²) in [6.45, 7) is 14.1. The Kier molecular flexibility index (Phi) is 22.1. The highest BCUT2D eigenvalue weighted by Crippen LogP contribution is 2.37. The van der Waals surface area contributed by atoms with Gasteiger partial charge in [-0.25, -0.2) is 4.79 Å². The van der Waals surface area contributed by atoms with Crippen molar-refractivity contribution in [1.29, 1.82) is 0 Å². The fourth-order valence-electron chi connectivity index (χ4n) is 8.69. The van der Waals surface area contributed by atoms with Crippen LogP contribution >= 0.6 is 0 Å². The number of aliphatic hydroxyl groups is 1. The largest absolute Gasteiger partial charge is 0.512 e. The lowest BCUT2D eigenvalue weighted by Crippen LogP contribution is -2.65. The molecular formula is C47H71NO17. The molecule has 366 valence electrons. The van der Waals surface area contributed by atoms with Crippen molar-refractivity contribution in [3.8, 4) is 0 Å². The lowest BCUT2D eigenvalue weighted by atomic mass is 9.81. The number of hydrogen-bond acceptors (Lipinski definition) is 18. The standard InChI is InChI=1S/C47H71NO17/c1-14-37-34(24-58-46-45(57-13)44(56-12)42(29(6)59-46)62-31(8)51)21-25(2)18-19-35(53)26(3)22-33(17-15-16-20-49)40(27(4)36(54)23-38(55)64-37)65-47-43(63-32(9)52)39(48(10)11)41(28(5)60-47)61-30(7)50/h15-16,18-21,23,26-29,33-34,37,39-47,54H,14,17,22,24H2,1-13H3/b16-15+,19-18+,25-21+,36-23+/t26-,27+,28+,29-,33+,34-,37-,39-,40-,41+,42-,43+,44-,45-,46-,47-/m1/s1. The molecule has 0 amide bonds. The number of methoxy groups -OCH3 is 2. The first-order valence-electron chi connectivity index (χ1n) is 22.1. The minimum Gasteiger partial charge on any atom is -0.512 e. The number of carbonyl (C=O) groups is 6. The normalized spacial score (nSPS) is 37.6. The predicted molar refractivity (Wildman–Crippen MR) is 234 cm³/mol. The van der Waals surface area contributed by atoms with E-state index in [2.05, 4.69) is 0 Å². The average molecular weight is 922 g/mol. The molecule has 3 aliphatic heterocycles. The molecule has 65 heavy (non-hydrogen) atoms. The summed E-state index contributed by atoms with van der Waals surface area (Å²) < 4.78 is 60.0. The molecule has 3 heterocycles. The highest BCUT2D eigenvalue weighted by Gasteiger charge is 2.52. The third-order valence-corrected chi connectivity index (χ3v) is 11.9. The zero-order valence-corrected chi connectivity index (χ0v) is 40.0. The summed E-state index contributed by atoms with van der Waals surface area (Å²) in [5.41, 5.74) is 0.660. The van der Waals surface area contributed by atoms with Crippen LogP contribution in [0.3, 0.4) is 0 Å². The predicted octanol–water partition coefficient (Wildman–Crippen LogP) is 4.52. The van der Waals surface area contributed by atoms with Gasteiger partial charge in [0, 0.05) is 52.7 Å². The second-order valence-corrected chi connectivity index (χ2v) is 17.2. The maximum atomic E-state index is 13.9. The van der Waals surface area contributed by atoms with Gasteiger partial charge in [0.1, 0.15) is 36.5 Å². The number of esters is 4. The molecule has 0 saturated carbocycles. The molecule has 0 bridgehead atoms. The van der Waals surface area contributed by atoms with Gasteiger partial charge >= 0.3 is 23.9 Å². The van der Waals surface area contributed by atoms with Gasteiger partial charge in [-0.15, -0.1) is 0 Å². The Bertz CT molecular complexity index is 1740. The van der Waals surface area contributed by atoms with Gasteiger partial charge in [-0.2, -0.15) is 0 Å². The van der Waals surface area contributed by atoms with Crippen LogP contribution < -0.4 is 0 Å². The summed E-state index contributed by atoms with van der Waals surface area (Å²) in [4.78, 5) is 77.6. The SMILES string of the molecule is CC[C@H]1OC(=O)/C=C(/O)[C@H](C)[C@@H](O[C@H]2O[C@@H](C)[C@H](OC(C)=O)[C@@H](N(C)C)[C@@H]2OC(C)=O)[C@@H](C/C=C/C=O)C[C@@H](C)C(=O)/C=C/C(C)=C/[C@@H]1CO[C@@H]1O[C@H](C)[C@@H](OC(C)=O)[C@@H](OC)[C@H]1OC. The van der Waals surface area contributed by atoms with Crippen LogP contribution in [0.1, 0.15) is 81.6 Å². The first kappa shape index (κ1) is 55.0. The number of carbonyl (C=O) groups excluding carboxylic acids is 6. The number of hydrogen-bond donors (Lipinski definition) is 1. The average Bonchev–Trinajstić information content (AvgIpc) is 3.22. The van der Waals surface area contributed by atoms with Crippen LogP contribution in [0.4, 0.5) is 0 Å². The van der Waals surface area contributed by atoms with E-state index in [0.717, 1.165) is 6.08 Å². The number of ether oxygens (including phenoxy) is 10. The molecular weight excluding hydrogens is 851 g/mol. The maximum Gasteiger partial charge on any atom is 0.334 e. The van der Waals surface area contributed by atoms with E-state index in [0.29, 0.717) is 18.3 Å². The van der Waals surface area contributed by atoms with Gasteiger partial charge in [0.05, 0.1) is 37.0 Å². The first-order valence-corrected chi connectivity index (χ1v) is 22.1. The zero-order valence-electron chi connectivity index (χ0n) is 40.0. The minimum atomic E-state index is -1.30. The van der Waals surface area contributed by atoms with Crippen molar-refractivity contribution >= 4 is 35.9 Å². The summed E-state index contributed by atoms with van der Waals surface area (Å²) in [6.07, 6.45) is 0.264. The van der Waals surface area contributed by atoms with Gasteiger partial charge in [-0.1, -0.05) is 44.6 Å². The highest BCUT2D eigenvalue weighted by molar-refractivity contribution is 5.91. The van der Waals surface area contributed by atoms with Crippen molar-refractivity contribution in [2.24, 2.45) is 23.7 Å². The van der Waals surface area contributed by atoms with Gasteiger partial charge in [0.25, 0.3) is 0 Å². The lowest BCUT2D eigenvalue weighted by Gasteiger charge is -2.48. The molecule has 2 fully saturated rings. The fourth-order valence-corrected chi connectivity index (χ4v) is 8.69.